The SMILES string of the molecule is COC1CN(C)CCC1N(C)C. The quantitative estimate of drug-likeness (QED) is 0.594. The average molecular weight is 172 g/mol. The number of ether oxygens (including phenoxy) is 1. The monoisotopic (exact) mass is 172 g/mol. The van der Waals surface area contributed by atoms with E-state index < -0.39 is 0 Å². The van der Waals surface area contributed by atoms with Crippen LogP contribution in [-0.4, -0.2) is 63.3 Å². The van der Waals surface area contributed by atoms with Gasteiger partial charge in [0.1, 0.15) is 0 Å². The summed E-state index contributed by atoms with van der Waals surface area (Å²) in [5.41, 5.74) is 0. The highest BCUT2D eigenvalue weighted by Crippen LogP contribution is 2.15. The van der Waals surface area contributed by atoms with E-state index in [1.54, 1.807) is 7.11 Å². The molecule has 12 heavy (non-hydrogen) atoms. The zero-order chi connectivity index (χ0) is 9.14. The summed E-state index contributed by atoms with van der Waals surface area (Å²) in [7, 11) is 8.21. The molecule has 1 rings (SSSR count). The van der Waals surface area contributed by atoms with Crippen LogP contribution in [0.3, 0.4) is 0 Å². The molecule has 0 aliphatic carbocycles. The second kappa shape index (κ2) is 4.21. The van der Waals surface area contributed by atoms with Crippen molar-refractivity contribution in [1.82, 2.24) is 9.80 Å². The first-order valence-electron chi connectivity index (χ1n) is 4.53. The maximum absolute atomic E-state index is 5.45. The summed E-state index contributed by atoms with van der Waals surface area (Å²) >= 11 is 0. The minimum atomic E-state index is 0.374. The molecule has 2 atom stereocenters. The molecule has 1 aliphatic rings. The van der Waals surface area contributed by atoms with Gasteiger partial charge in [-0.05, 0) is 34.1 Å². The molecule has 0 saturated carbocycles. The van der Waals surface area contributed by atoms with Gasteiger partial charge in [-0.1, -0.05) is 0 Å². The summed E-state index contributed by atoms with van der Waals surface area (Å²) in [4.78, 5) is 4.59. The summed E-state index contributed by atoms with van der Waals surface area (Å²) in [5, 5.41) is 0. The number of hydrogen-bond donors (Lipinski definition) is 0. The summed E-state index contributed by atoms with van der Waals surface area (Å²) in [5.74, 6) is 0. The van der Waals surface area contributed by atoms with Crippen LogP contribution in [0.2, 0.25) is 0 Å². The Hall–Kier alpha value is -0.120. The van der Waals surface area contributed by atoms with Gasteiger partial charge < -0.3 is 14.5 Å². The van der Waals surface area contributed by atoms with Crippen molar-refractivity contribution in [1.29, 1.82) is 0 Å². The molecule has 0 aromatic rings. The molecule has 0 spiro atoms. The van der Waals surface area contributed by atoms with E-state index in [1.165, 1.54) is 13.0 Å². The van der Waals surface area contributed by atoms with E-state index in [-0.39, 0.29) is 0 Å². The van der Waals surface area contributed by atoms with Gasteiger partial charge in [-0.2, -0.15) is 0 Å². The van der Waals surface area contributed by atoms with Crippen molar-refractivity contribution in [3.8, 4) is 0 Å². The second-order valence-corrected chi connectivity index (χ2v) is 3.86. The Kier molecular flexibility index (Phi) is 3.50. The standard InChI is InChI=1S/C9H20N2O/c1-10(2)8-5-6-11(3)7-9(8)12-4/h8-9H,5-7H2,1-4H3. The normalized spacial score (nSPS) is 32.8. The number of likely N-dealkylation sites (N-methyl/N-ethyl adjacent to an activating group) is 2. The van der Waals surface area contributed by atoms with E-state index in [9.17, 15) is 0 Å². The van der Waals surface area contributed by atoms with Crippen LogP contribution in [0.5, 0.6) is 0 Å². The van der Waals surface area contributed by atoms with E-state index in [1.807, 2.05) is 0 Å². The van der Waals surface area contributed by atoms with Crippen LogP contribution in [0.15, 0.2) is 0 Å². The number of hydrogen-bond acceptors (Lipinski definition) is 3. The summed E-state index contributed by atoms with van der Waals surface area (Å²) in [6, 6.07) is 0.589. The van der Waals surface area contributed by atoms with E-state index >= 15 is 0 Å². The molecule has 0 amide bonds. The van der Waals surface area contributed by atoms with Gasteiger partial charge in [0.05, 0.1) is 6.10 Å². The lowest BCUT2D eigenvalue weighted by Gasteiger charge is -2.39. The third-order valence-corrected chi connectivity index (χ3v) is 2.69. The molecular weight excluding hydrogens is 152 g/mol. The highest BCUT2D eigenvalue weighted by molar-refractivity contribution is 4.84. The Labute approximate surface area is 75.3 Å². The van der Waals surface area contributed by atoms with Gasteiger partial charge in [-0.25, -0.2) is 0 Å². The van der Waals surface area contributed by atoms with Crippen LogP contribution >= 0.6 is 0 Å². The molecule has 0 aromatic carbocycles. The van der Waals surface area contributed by atoms with E-state index in [0.29, 0.717) is 12.1 Å². The first kappa shape index (κ1) is 9.96. The Bertz CT molecular complexity index is 138. The molecule has 0 radical (unpaired) electrons. The van der Waals surface area contributed by atoms with E-state index in [2.05, 4.69) is 30.9 Å². The van der Waals surface area contributed by atoms with Crippen molar-refractivity contribution in [2.24, 2.45) is 0 Å². The topological polar surface area (TPSA) is 15.7 Å². The van der Waals surface area contributed by atoms with E-state index in [4.69, 9.17) is 4.74 Å². The Morgan fingerprint density at radius 3 is 2.58 bits per heavy atom. The number of methoxy groups -OCH3 is 1. The highest BCUT2D eigenvalue weighted by Gasteiger charge is 2.28. The fourth-order valence-electron chi connectivity index (χ4n) is 1.88. The average Bonchev–Trinajstić information content (AvgIpc) is 2.03. The first-order chi connectivity index (χ1) is 5.65. The van der Waals surface area contributed by atoms with Crippen LogP contribution in [0.1, 0.15) is 6.42 Å². The molecule has 0 N–H and O–H groups in total. The molecule has 72 valence electrons. The van der Waals surface area contributed by atoms with Crippen molar-refractivity contribution < 1.29 is 4.74 Å². The molecule has 3 nitrogen and oxygen atoms in total. The molecule has 0 aromatic heterocycles. The Balaban J connectivity index is 2.50. The maximum atomic E-state index is 5.45. The van der Waals surface area contributed by atoms with Gasteiger partial charge in [-0.3, -0.25) is 0 Å². The minimum Gasteiger partial charge on any atom is -0.378 e. The molecule has 2 unspecified atom stereocenters. The largest absolute Gasteiger partial charge is 0.378 e. The lowest BCUT2D eigenvalue weighted by atomic mass is 10.0. The second-order valence-electron chi connectivity index (χ2n) is 3.86. The zero-order valence-electron chi connectivity index (χ0n) is 8.58. The van der Waals surface area contributed by atoms with Gasteiger partial charge in [-0.15, -0.1) is 0 Å². The Morgan fingerprint density at radius 2 is 2.08 bits per heavy atom. The van der Waals surface area contributed by atoms with Crippen LogP contribution in [0, 0.1) is 0 Å². The van der Waals surface area contributed by atoms with E-state index in [0.717, 1.165) is 6.54 Å². The van der Waals surface area contributed by atoms with Crippen molar-refractivity contribution >= 4 is 0 Å². The summed E-state index contributed by atoms with van der Waals surface area (Å²) in [6.45, 7) is 2.24. The van der Waals surface area contributed by atoms with Crippen LogP contribution in [-0.2, 0) is 4.74 Å². The molecule has 1 saturated heterocycles. The fraction of sp³-hybridized carbons (Fsp3) is 1.00. The number of piperidine rings is 1. The number of rotatable bonds is 2. The lowest BCUT2D eigenvalue weighted by Crippen LogP contribution is -2.51. The fourth-order valence-corrected chi connectivity index (χ4v) is 1.88. The summed E-state index contributed by atoms with van der Waals surface area (Å²) < 4.78 is 5.45. The van der Waals surface area contributed by atoms with Crippen LogP contribution < -0.4 is 0 Å². The smallest absolute Gasteiger partial charge is 0.0853 e. The molecule has 1 heterocycles. The minimum absolute atomic E-state index is 0.374. The molecule has 0 bridgehead atoms. The lowest BCUT2D eigenvalue weighted by molar-refractivity contribution is -0.0173. The van der Waals surface area contributed by atoms with Crippen molar-refractivity contribution in [3.05, 3.63) is 0 Å². The van der Waals surface area contributed by atoms with Crippen LogP contribution in [0.4, 0.5) is 0 Å². The molecule has 1 aliphatic heterocycles. The van der Waals surface area contributed by atoms with Gasteiger partial charge in [0.25, 0.3) is 0 Å². The van der Waals surface area contributed by atoms with Crippen LogP contribution in [0.25, 0.3) is 0 Å². The predicted molar refractivity (Wildman–Crippen MR) is 50.4 cm³/mol. The molecular formula is C9H20N2O. The van der Waals surface area contributed by atoms with Gasteiger partial charge in [0.2, 0.25) is 0 Å². The zero-order valence-corrected chi connectivity index (χ0v) is 8.58. The summed E-state index contributed by atoms with van der Waals surface area (Å²) in [6.07, 6.45) is 1.58. The van der Waals surface area contributed by atoms with Gasteiger partial charge in [0.15, 0.2) is 0 Å². The number of nitrogens with zero attached hydrogens (tertiary/aromatic N) is 2. The molecule has 3 heteroatoms. The predicted octanol–water partition coefficient (Wildman–Crippen LogP) is 0.267. The maximum Gasteiger partial charge on any atom is 0.0853 e. The number of likely N-dealkylation sites (tertiary alicyclic amines) is 1. The molecule has 1 fully saturated rings. The van der Waals surface area contributed by atoms with Gasteiger partial charge >= 0.3 is 0 Å². The highest BCUT2D eigenvalue weighted by atomic mass is 16.5. The third kappa shape index (κ3) is 2.19. The van der Waals surface area contributed by atoms with Crippen molar-refractivity contribution in [3.63, 3.8) is 0 Å². The van der Waals surface area contributed by atoms with Crippen molar-refractivity contribution in [2.45, 2.75) is 18.6 Å². The first-order valence-corrected chi connectivity index (χ1v) is 4.53. The third-order valence-electron chi connectivity index (χ3n) is 2.69. The van der Waals surface area contributed by atoms with Gasteiger partial charge in [0, 0.05) is 19.7 Å². The van der Waals surface area contributed by atoms with Crippen molar-refractivity contribution in [2.75, 3.05) is 41.3 Å². The Morgan fingerprint density at radius 1 is 1.42 bits per heavy atom.